The van der Waals surface area contributed by atoms with Crippen molar-refractivity contribution in [2.24, 2.45) is 5.92 Å². The molecule has 2 aliphatic heterocycles. The number of amides is 1. The van der Waals surface area contributed by atoms with Crippen molar-refractivity contribution >= 4 is 5.91 Å². The number of piperidine rings is 1. The molecule has 0 aromatic heterocycles. The van der Waals surface area contributed by atoms with Gasteiger partial charge in [-0.15, -0.1) is 0 Å². The van der Waals surface area contributed by atoms with Crippen LogP contribution in [0.25, 0.3) is 0 Å². The van der Waals surface area contributed by atoms with Crippen LogP contribution < -0.4 is 0 Å². The Bertz CT molecular complexity index is 188. The molecule has 0 radical (unpaired) electrons. The summed E-state index contributed by atoms with van der Waals surface area (Å²) in [5.74, 6) is 1.12. The molecule has 0 aromatic carbocycles. The van der Waals surface area contributed by atoms with Crippen molar-refractivity contribution in [3.63, 3.8) is 0 Å². The Labute approximate surface area is 73.9 Å². The lowest BCUT2D eigenvalue weighted by Crippen LogP contribution is -2.44. The van der Waals surface area contributed by atoms with E-state index < -0.39 is 0 Å². The molecule has 0 aliphatic carbocycles. The normalized spacial score (nSPS) is 40.2. The van der Waals surface area contributed by atoms with Gasteiger partial charge in [0.1, 0.15) is 0 Å². The van der Waals surface area contributed by atoms with Crippen molar-refractivity contribution < 1.29 is 4.79 Å². The Morgan fingerprint density at radius 2 is 1.75 bits per heavy atom. The number of hydrogen-bond acceptors (Lipinski definition) is 1. The highest BCUT2D eigenvalue weighted by molar-refractivity contribution is 5.74. The summed E-state index contributed by atoms with van der Waals surface area (Å²) in [7, 11) is 0. The second kappa shape index (κ2) is 2.75. The summed E-state index contributed by atoms with van der Waals surface area (Å²) < 4.78 is 0. The SMILES string of the molecule is CC(=O)N1C2CCC1CC(C)C2. The van der Waals surface area contributed by atoms with Crippen LogP contribution in [0, 0.1) is 5.92 Å². The maximum absolute atomic E-state index is 11.3. The van der Waals surface area contributed by atoms with Gasteiger partial charge in [-0.1, -0.05) is 6.92 Å². The van der Waals surface area contributed by atoms with E-state index >= 15 is 0 Å². The van der Waals surface area contributed by atoms with Crippen LogP contribution in [-0.2, 0) is 4.79 Å². The van der Waals surface area contributed by atoms with Gasteiger partial charge in [0.05, 0.1) is 0 Å². The molecule has 68 valence electrons. The third-order valence-corrected chi connectivity index (χ3v) is 3.33. The van der Waals surface area contributed by atoms with Crippen molar-refractivity contribution in [2.75, 3.05) is 0 Å². The largest absolute Gasteiger partial charge is 0.337 e. The number of carbonyl (C=O) groups is 1. The van der Waals surface area contributed by atoms with Crippen LogP contribution in [0.4, 0.5) is 0 Å². The number of hydrogen-bond donors (Lipinski definition) is 0. The Morgan fingerprint density at radius 1 is 1.25 bits per heavy atom. The van der Waals surface area contributed by atoms with E-state index in [1.165, 1.54) is 25.7 Å². The highest BCUT2D eigenvalue weighted by Gasteiger charge is 2.40. The predicted molar refractivity (Wildman–Crippen MR) is 47.7 cm³/mol. The standard InChI is InChI=1S/C10H17NO/c1-7-5-9-3-4-10(6-7)11(9)8(2)12/h7,9-10H,3-6H2,1-2H3. The first-order valence-electron chi connectivity index (χ1n) is 4.97. The molecule has 0 aromatic rings. The van der Waals surface area contributed by atoms with Gasteiger partial charge in [0.15, 0.2) is 0 Å². The highest BCUT2D eigenvalue weighted by Crippen LogP contribution is 2.38. The summed E-state index contributed by atoms with van der Waals surface area (Å²) in [5.41, 5.74) is 0. The summed E-state index contributed by atoms with van der Waals surface area (Å²) in [4.78, 5) is 13.4. The molecular weight excluding hydrogens is 150 g/mol. The first kappa shape index (κ1) is 8.09. The van der Waals surface area contributed by atoms with Crippen molar-refractivity contribution in [1.29, 1.82) is 0 Å². The topological polar surface area (TPSA) is 20.3 Å². The number of nitrogens with zero attached hydrogens (tertiary/aromatic N) is 1. The van der Waals surface area contributed by atoms with Crippen LogP contribution >= 0.6 is 0 Å². The van der Waals surface area contributed by atoms with Crippen LogP contribution in [0.5, 0.6) is 0 Å². The monoisotopic (exact) mass is 167 g/mol. The van der Waals surface area contributed by atoms with Crippen LogP contribution in [-0.4, -0.2) is 22.9 Å². The van der Waals surface area contributed by atoms with Crippen molar-refractivity contribution in [1.82, 2.24) is 4.90 Å². The van der Waals surface area contributed by atoms with E-state index in [-0.39, 0.29) is 5.91 Å². The van der Waals surface area contributed by atoms with Crippen LogP contribution in [0.2, 0.25) is 0 Å². The molecule has 0 saturated carbocycles. The molecule has 12 heavy (non-hydrogen) atoms. The molecule has 2 atom stereocenters. The van der Waals surface area contributed by atoms with E-state index in [4.69, 9.17) is 0 Å². The van der Waals surface area contributed by atoms with Crippen molar-refractivity contribution in [3.05, 3.63) is 0 Å². The average Bonchev–Trinajstić information content (AvgIpc) is 2.24. The van der Waals surface area contributed by atoms with E-state index in [0.717, 1.165) is 5.92 Å². The summed E-state index contributed by atoms with van der Waals surface area (Å²) in [5, 5.41) is 0. The van der Waals surface area contributed by atoms with Gasteiger partial charge in [0.25, 0.3) is 0 Å². The molecule has 1 amide bonds. The predicted octanol–water partition coefficient (Wildman–Crippen LogP) is 1.80. The summed E-state index contributed by atoms with van der Waals surface area (Å²) in [6.45, 7) is 4.02. The maximum atomic E-state index is 11.3. The number of carbonyl (C=O) groups excluding carboxylic acids is 1. The molecule has 0 spiro atoms. The summed E-state index contributed by atoms with van der Waals surface area (Å²) in [6, 6.07) is 1.16. The van der Waals surface area contributed by atoms with Gasteiger partial charge in [-0.3, -0.25) is 4.79 Å². The second-order valence-electron chi connectivity index (χ2n) is 4.39. The Kier molecular flexibility index (Phi) is 1.85. The third kappa shape index (κ3) is 1.13. The lowest BCUT2D eigenvalue weighted by molar-refractivity contribution is -0.133. The Hall–Kier alpha value is -0.530. The number of rotatable bonds is 0. The Morgan fingerprint density at radius 3 is 2.17 bits per heavy atom. The zero-order valence-corrected chi connectivity index (χ0v) is 7.92. The molecule has 2 bridgehead atoms. The van der Waals surface area contributed by atoms with Gasteiger partial charge in [0, 0.05) is 19.0 Å². The molecule has 2 aliphatic rings. The zero-order valence-electron chi connectivity index (χ0n) is 7.92. The van der Waals surface area contributed by atoms with E-state index in [9.17, 15) is 4.79 Å². The molecule has 2 heteroatoms. The van der Waals surface area contributed by atoms with Gasteiger partial charge in [-0.05, 0) is 31.6 Å². The molecule has 2 nitrogen and oxygen atoms in total. The minimum atomic E-state index is 0.286. The van der Waals surface area contributed by atoms with Crippen LogP contribution in [0.1, 0.15) is 39.5 Å². The van der Waals surface area contributed by atoms with Crippen molar-refractivity contribution in [3.8, 4) is 0 Å². The quantitative estimate of drug-likeness (QED) is 0.538. The summed E-state index contributed by atoms with van der Waals surface area (Å²) in [6.07, 6.45) is 4.95. The summed E-state index contributed by atoms with van der Waals surface area (Å²) >= 11 is 0. The molecule has 2 saturated heterocycles. The third-order valence-electron chi connectivity index (χ3n) is 3.33. The lowest BCUT2D eigenvalue weighted by atomic mass is 9.92. The first-order valence-corrected chi connectivity index (χ1v) is 4.97. The van der Waals surface area contributed by atoms with E-state index in [0.29, 0.717) is 12.1 Å². The fourth-order valence-electron chi connectivity index (χ4n) is 2.96. The van der Waals surface area contributed by atoms with E-state index in [2.05, 4.69) is 11.8 Å². The lowest BCUT2D eigenvalue weighted by Gasteiger charge is -2.37. The molecule has 2 heterocycles. The van der Waals surface area contributed by atoms with Crippen LogP contribution in [0.3, 0.4) is 0 Å². The highest BCUT2D eigenvalue weighted by atomic mass is 16.2. The Balaban J connectivity index is 2.14. The molecule has 0 N–H and O–H groups in total. The van der Waals surface area contributed by atoms with Crippen LogP contribution in [0.15, 0.2) is 0 Å². The molecule has 2 rings (SSSR count). The smallest absolute Gasteiger partial charge is 0.219 e. The first-order chi connectivity index (χ1) is 5.68. The van der Waals surface area contributed by atoms with Gasteiger partial charge in [0.2, 0.25) is 5.91 Å². The molecular formula is C10H17NO. The second-order valence-corrected chi connectivity index (χ2v) is 4.39. The minimum Gasteiger partial charge on any atom is -0.337 e. The average molecular weight is 167 g/mol. The minimum absolute atomic E-state index is 0.286. The maximum Gasteiger partial charge on any atom is 0.219 e. The van der Waals surface area contributed by atoms with Gasteiger partial charge in [-0.2, -0.15) is 0 Å². The zero-order chi connectivity index (χ0) is 8.72. The van der Waals surface area contributed by atoms with Gasteiger partial charge in [-0.25, -0.2) is 0 Å². The van der Waals surface area contributed by atoms with E-state index in [1.807, 2.05) is 0 Å². The fourth-order valence-corrected chi connectivity index (χ4v) is 2.96. The van der Waals surface area contributed by atoms with Gasteiger partial charge >= 0.3 is 0 Å². The fraction of sp³-hybridized carbons (Fsp3) is 0.900. The van der Waals surface area contributed by atoms with E-state index in [1.54, 1.807) is 6.92 Å². The molecule has 2 unspecified atom stereocenters. The molecule has 2 fully saturated rings. The van der Waals surface area contributed by atoms with Crippen molar-refractivity contribution in [2.45, 2.75) is 51.6 Å². The van der Waals surface area contributed by atoms with Gasteiger partial charge < -0.3 is 4.90 Å². The number of fused-ring (bicyclic) bond motifs is 2.